The Hall–Kier alpha value is -2.08. The molecule has 0 radical (unpaired) electrons. The Balaban J connectivity index is 1.54. The van der Waals surface area contributed by atoms with Gasteiger partial charge in [0, 0.05) is 29.3 Å². The molecule has 4 rings (SSSR count). The first-order chi connectivity index (χ1) is 17.7. The van der Waals surface area contributed by atoms with E-state index in [9.17, 15) is 0 Å². The van der Waals surface area contributed by atoms with Crippen LogP contribution in [-0.4, -0.2) is 0 Å². The fraction of sp³-hybridized carbons (Fsp3) is 0.375. The summed E-state index contributed by atoms with van der Waals surface area (Å²) in [5.41, 5.74) is 2.83. The molecule has 0 amide bonds. The van der Waals surface area contributed by atoms with Gasteiger partial charge in [-0.2, -0.15) is 0 Å². The van der Waals surface area contributed by atoms with E-state index in [1.54, 1.807) is 22.7 Å². The first kappa shape index (κ1) is 27.0. The fourth-order valence-electron chi connectivity index (χ4n) is 4.46. The molecule has 4 heterocycles. The molecule has 4 aromatic heterocycles. The maximum Gasteiger partial charge on any atom is 0.0775 e. The van der Waals surface area contributed by atoms with Crippen molar-refractivity contribution in [3.8, 4) is 54.0 Å². The largest absolute Gasteiger partial charge is 0.134 e. The summed E-state index contributed by atoms with van der Waals surface area (Å²) < 4.78 is 0. The Morgan fingerprint density at radius 2 is 0.972 bits per heavy atom. The number of thiophene rings is 4. The molecule has 0 N–H and O–H groups in total. The monoisotopic (exact) mass is 546 g/mol. The van der Waals surface area contributed by atoms with Gasteiger partial charge in [0.1, 0.15) is 0 Å². The first-order valence-electron chi connectivity index (χ1n) is 13.1. The number of terminal acetylenes is 2. The minimum absolute atomic E-state index is 1.04. The molecular formula is C32H34S4. The fourth-order valence-corrected chi connectivity index (χ4v) is 8.89. The summed E-state index contributed by atoms with van der Waals surface area (Å²) in [6.45, 7) is 4.52. The van der Waals surface area contributed by atoms with Crippen molar-refractivity contribution in [3.05, 3.63) is 57.3 Å². The molecule has 0 saturated carbocycles. The summed E-state index contributed by atoms with van der Waals surface area (Å²) in [4.78, 5) is 10.1. The van der Waals surface area contributed by atoms with Crippen molar-refractivity contribution < 1.29 is 0 Å². The highest BCUT2D eigenvalue weighted by Crippen LogP contribution is 2.45. The molecular weight excluding hydrogens is 513 g/mol. The van der Waals surface area contributed by atoms with Crippen molar-refractivity contribution in [2.75, 3.05) is 0 Å². The van der Waals surface area contributed by atoms with Crippen molar-refractivity contribution in [2.24, 2.45) is 0 Å². The van der Waals surface area contributed by atoms with Crippen molar-refractivity contribution in [1.29, 1.82) is 0 Å². The van der Waals surface area contributed by atoms with Crippen molar-refractivity contribution in [3.63, 3.8) is 0 Å². The van der Waals surface area contributed by atoms with Crippen LogP contribution in [0.2, 0.25) is 0 Å². The van der Waals surface area contributed by atoms with Gasteiger partial charge in [-0.1, -0.05) is 64.2 Å². The van der Waals surface area contributed by atoms with Gasteiger partial charge in [0.2, 0.25) is 0 Å². The van der Waals surface area contributed by atoms with E-state index in [2.05, 4.69) is 62.1 Å². The maximum absolute atomic E-state index is 5.76. The van der Waals surface area contributed by atoms with Gasteiger partial charge in [-0.25, -0.2) is 0 Å². The zero-order chi connectivity index (χ0) is 25.3. The summed E-state index contributed by atoms with van der Waals surface area (Å²) >= 11 is 7.30. The minimum atomic E-state index is 1.04. The van der Waals surface area contributed by atoms with Gasteiger partial charge in [0.05, 0.1) is 9.75 Å². The Kier molecular flexibility index (Phi) is 10.1. The predicted molar refractivity (Wildman–Crippen MR) is 166 cm³/mol. The Labute approximate surface area is 233 Å². The van der Waals surface area contributed by atoms with Crippen LogP contribution in [-0.2, 0) is 12.8 Å². The van der Waals surface area contributed by atoms with E-state index >= 15 is 0 Å². The zero-order valence-corrected chi connectivity index (χ0v) is 24.6. The third-order valence-electron chi connectivity index (χ3n) is 6.40. The molecule has 0 bridgehead atoms. The van der Waals surface area contributed by atoms with E-state index in [0.717, 1.165) is 22.6 Å². The van der Waals surface area contributed by atoms with E-state index in [4.69, 9.17) is 12.8 Å². The second-order valence-corrected chi connectivity index (χ2v) is 13.4. The van der Waals surface area contributed by atoms with Gasteiger partial charge in [-0.05, 0) is 73.2 Å². The molecule has 0 fully saturated rings. The van der Waals surface area contributed by atoms with Gasteiger partial charge >= 0.3 is 0 Å². The second kappa shape index (κ2) is 13.5. The molecule has 0 atom stereocenters. The van der Waals surface area contributed by atoms with Crippen LogP contribution in [0.3, 0.4) is 0 Å². The lowest BCUT2D eigenvalue weighted by atomic mass is 10.1. The molecule has 0 unspecified atom stereocenters. The average molecular weight is 547 g/mol. The highest BCUT2D eigenvalue weighted by Gasteiger charge is 2.16. The molecule has 0 saturated heterocycles. The summed E-state index contributed by atoms with van der Waals surface area (Å²) in [7, 11) is 0. The van der Waals surface area contributed by atoms with Gasteiger partial charge in [-0.15, -0.1) is 58.2 Å². The van der Waals surface area contributed by atoms with Crippen LogP contribution in [0.15, 0.2) is 36.4 Å². The van der Waals surface area contributed by atoms with Gasteiger partial charge in [0.15, 0.2) is 0 Å². The smallest absolute Gasteiger partial charge is 0.0775 e. The molecule has 0 aliphatic heterocycles. The molecule has 0 aliphatic rings. The molecule has 4 aromatic rings. The maximum atomic E-state index is 5.76. The quantitative estimate of drug-likeness (QED) is 0.116. The predicted octanol–water partition coefficient (Wildman–Crippen LogP) is 11.1. The number of hydrogen-bond donors (Lipinski definition) is 0. The van der Waals surface area contributed by atoms with E-state index in [1.807, 2.05) is 22.7 Å². The molecule has 0 aromatic carbocycles. The third-order valence-corrected chi connectivity index (χ3v) is 11.3. The van der Waals surface area contributed by atoms with Crippen LogP contribution in [0.1, 0.15) is 86.1 Å². The first-order valence-corrected chi connectivity index (χ1v) is 16.3. The van der Waals surface area contributed by atoms with E-state index in [0.29, 0.717) is 0 Å². The van der Waals surface area contributed by atoms with Crippen molar-refractivity contribution in [2.45, 2.75) is 78.1 Å². The number of hydrogen-bond acceptors (Lipinski definition) is 4. The molecule has 4 heteroatoms. The Morgan fingerprint density at radius 1 is 0.556 bits per heavy atom. The van der Waals surface area contributed by atoms with Gasteiger partial charge in [0.25, 0.3) is 0 Å². The van der Waals surface area contributed by atoms with Crippen LogP contribution in [0.4, 0.5) is 0 Å². The van der Waals surface area contributed by atoms with Crippen molar-refractivity contribution >= 4 is 45.3 Å². The number of unbranched alkanes of at least 4 members (excludes halogenated alkanes) is 6. The summed E-state index contributed by atoms with van der Waals surface area (Å²) in [5, 5.41) is 0. The van der Waals surface area contributed by atoms with Crippen LogP contribution < -0.4 is 0 Å². The normalized spacial score (nSPS) is 11.0. The molecule has 0 spiro atoms. The summed E-state index contributed by atoms with van der Waals surface area (Å²) in [6, 6.07) is 13.6. The van der Waals surface area contributed by atoms with Gasteiger partial charge < -0.3 is 0 Å². The lowest BCUT2D eigenvalue weighted by Gasteiger charge is -2.02. The van der Waals surface area contributed by atoms with Crippen LogP contribution in [0.5, 0.6) is 0 Å². The van der Waals surface area contributed by atoms with Crippen molar-refractivity contribution in [1.82, 2.24) is 0 Å². The van der Waals surface area contributed by atoms with E-state index < -0.39 is 0 Å². The molecule has 0 nitrogen and oxygen atoms in total. The lowest BCUT2D eigenvalue weighted by Crippen LogP contribution is -1.85. The number of aryl methyl sites for hydroxylation is 2. The zero-order valence-electron chi connectivity index (χ0n) is 21.3. The highest BCUT2D eigenvalue weighted by atomic mass is 32.1. The minimum Gasteiger partial charge on any atom is -0.134 e. The standard InChI is InChI=1S/C32H34S4/c1-5-9-11-13-15-23-21-25(7-3)33-31(23)29-19-17-27(35-29)28-18-20-30(36-28)32-24(16-14-12-10-6-2)22-26(8-4)34-32/h3-4,17-22H,5-6,9-16H2,1-2H3. The van der Waals surface area contributed by atoms with Crippen LogP contribution in [0, 0.1) is 24.7 Å². The lowest BCUT2D eigenvalue weighted by molar-refractivity contribution is 0.668. The average Bonchev–Trinajstić information content (AvgIpc) is 3.69. The Bertz CT molecular complexity index is 1240. The molecule has 0 aliphatic carbocycles. The second-order valence-electron chi connectivity index (χ2n) is 9.17. The van der Waals surface area contributed by atoms with Crippen LogP contribution in [0.25, 0.3) is 29.3 Å². The summed E-state index contributed by atoms with van der Waals surface area (Å²) in [6.07, 6.45) is 23.9. The van der Waals surface area contributed by atoms with E-state index in [-0.39, 0.29) is 0 Å². The van der Waals surface area contributed by atoms with Crippen LogP contribution >= 0.6 is 45.3 Å². The van der Waals surface area contributed by atoms with Gasteiger partial charge in [-0.3, -0.25) is 0 Å². The SMILES string of the molecule is C#Cc1cc(CCCCCC)c(-c2ccc(-c3ccc(-c4sc(C#C)cc4CCCCCC)s3)s2)s1. The Morgan fingerprint density at radius 3 is 1.36 bits per heavy atom. The summed E-state index contributed by atoms with van der Waals surface area (Å²) in [5.74, 6) is 5.73. The topological polar surface area (TPSA) is 0 Å². The van der Waals surface area contributed by atoms with E-state index in [1.165, 1.54) is 91.8 Å². The third kappa shape index (κ3) is 6.62. The highest BCUT2D eigenvalue weighted by molar-refractivity contribution is 7.28. The number of rotatable bonds is 13. The molecule has 186 valence electrons. The molecule has 36 heavy (non-hydrogen) atoms.